The second kappa shape index (κ2) is 9.53. The van der Waals surface area contributed by atoms with Crippen LogP contribution in [-0.2, 0) is 13.0 Å². The minimum Gasteiger partial charge on any atom is -0.491 e. The number of aliphatic hydroxyl groups excluding tert-OH is 1. The predicted octanol–water partition coefficient (Wildman–Crippen LogP) is 3.11. The van der Waals surface area contributed by atoms with Gasteiger partial charge in [-0.25, -0.2) is 0 Å². The van der Waals surface area contributed by atoms with Gasteiger partial charge in [0, 0.05) is 12.1 Å². The number of hydrogen-bond acceptors (Lipinski definition) is 3. The van der Waals surface area contributed by atoms with Crippen molar-refractivity contribution in [2.45, 2.75) is 19.4 Å². The molecule has 4 nitrogen and oxygen atoms in total. The molecule has 1 amide bonds. The molecular weight excluding hydrogens is 302 g/mol. The van der Waals surface area contributed by atoms with Crippen molar-refractivity contribution in [2.75, 3.05) is 13.2 Å². The summed E-state index contributed by atoms with van der Waals surface area (Å²) in [5.41, 5.74) is 2.84. The maximum absolute atomic E-state index is 12.2. The molecule has 2 aromatic rings. The van der Waals surface area contributed by atoms with E-state index in [2.05, 4.69) is 11.9 Å². The molecule has 0 aliphatic rings. The first kappa shape index (κ1) is 17.8. The first-order valence-electron chi connectivity index (χ1n) is 8.03. The van der Waals surface area contributed by atoms with Gasteiger partial charge in [0.25, 0.3) is 5.91 Å². The minimum absolute atomic E-state index is 0.00973. The molecular formula is C20H23NO3. The second-order valence-corrected chi connectivity index (χ2v) is 5.42. The molecule has 24 heavy (non-hydrogen) atoms. The number of benzene rings is 2. The van der Waals surface area contributed by atoms with Crippen molar-refractivity contribution >= 4 is 5.91 Å². The lowest BCUT2D eigenvalue weighted by Gasteiger charge is -2.08. The molecule has 0 radical (unpaired) electrons. The van der Waals surface area contributed by atoms with Crippen molar-refractivity contribution in [2.24, 2.45) is 0 Å². The van der Waals surface area contributed by atoms with Crippen molar-refractivity contribution in [3.8, 4) is 5.75 Å². The number of aliphatic hydroxyl groups is 1. The van der Waals surface area contributed by atoms with Crippen molar-refractivity contribution in [1.29, 1.82) is 0 Å². The van der Waals surface area contributed by atoms with E-state index in [-0.39, 0.29) is 19.1 Å². The van der Waals surface area contributed by atoms with E-state index < -0.39 is 0 Å². The molecule has 0 atom stereocenters. The van der Waals surface area contributed by atoms with Crippen LogP contribution in [0.25, 0.3) is 0 Å². The van der Waals surface area contributed by atoms with Crippen LogP contribution in [0, 0.1) is 0 Å². The van der Waals surface area contributed by atoms with E-state index in [1.807, 2.05) is 54.6 Å². The average molecular weight is 325 g/mol. The molecule has 0 saturated carbocycles. The Morgan fingerprint density at radius 2 is 1.75 bits per heavy atom. The standard InChI is InChI=1S/C20H23NO3/c1-2-3-4-16-5-9-18(10-6-16)20(23)21-15-17-7-11-19(12-8-17)24-14-13-22/h2,5-12,22H,1,3-4,13-15H2,(H,21,23). The third kappa shape index (κ3) is 5.56. The van der Waals surface area contributed by atoms with Crippen LogP contribution < -0.4 is 10.1 Å². The fourth-order valence-corrected chi connectivity index (χ4v) is 2.24. The van der Waals surface area contributed by atoms with Gasteiger partial charge in [0.2, 0.25) is 0 Å². The van der Waals surface area contributed by atoms with Crippen LogP contribution in [0.5, 0.6) is 5.75 Å². The molecule has 0 heterocycles. The number of allylic oxidation sites excluding steroid dienone is 1. The second-order valence-electron chi connectivity index (χ2n) is 5.42. The first-order chi connectivity index (χ1) is 11.7. The molecule has 0 aliphatic carbocycles. The Hall–Kier alpha value is -2.59. The molecule has 0 spiro atoms. The van der Waals surface area contributed by atoms with Crippen LogP contribution in [0.3, 0.4) is 0 Å². The van der Waals surface area contributed by atoms with Gasteiger partial charge in [0.05, 0.1) is 6.61 Å². The lowest BCUT2D eigenvalue weighted by molar-refractivity contribution is 0.0951. The summed E-state index contributed by atoms with van der Waals surface area (Å²) >= 11 is 0. The molecule has 0 aromatic heterocycles. The number of rotatable bonds is 9. The maximum atomic E-state index is 12.2. The third-order valence-electron chi connectivity index (χ3n) is 3.59. The summed E-state index contributed by atoms with van der Waals surface area (Å²) in [4.78, 5) is 12.2. The Balaban J connectivity index is 1.84. The van der Waals surface area contributed by atoms with Crippen LogP contribution in [0.1, 0.15) is 27.9 Å². The Labute approximate surface area is 142 Å². The number of aryl methyl sites for hydroxylation is 1. The van der Waals surface area contributed by atoms with Crippen LogP contribution in [-0.4, -0.2) is 24.2 Å². The van der Waals surface area contributed by atoms with E-state index in [1.54, 1.807) is 0 Å². The van der Waals surface area contributed by atoms with E-state index >= 15 is 0 Å². The highest BCUT2D eigenvalue weighted by Gasteiger charge is 2.05. The lowest BCUT2D eigenvalue weighted by Crippen LogP contribution is -2.22. The normalized spacial score (nSPS) is 10.2. The minimum atomic E-state index is -0.0918. The van der Waals surface area contributed by atoms with Crippen molar-refractivity contribution in [3.63, 3.8) is 0 Å². The monoisotopic (exact) mass is 325 g/mol. The predicted molar refractivity (Wildman–Crippen MR) is 95.2 cm³/mol. The fraction of sp³-hybridized carbons (Fsp3) is 0.250. The first-order valence-corrected chi connectivity index (χ1v) is 8.03. The fourth-order valence-electron chi connectivity index (χ4n) is 2.24. The number of hydrogen-bond donors (Lipinski definition) is 2. The van der Waals surface area contributed by atoms with Crippen molar-refractivity contribution < 1.29 is 14.6 Å². The van der Waals surface area contributed by atoms with Gasteiger partial charge in [-0.2, -0.15) is 0 Å². The maximum Gasteiger partial charge on any atom is 0.251 e. The van der Waals surface area contributed by atoms with E-state index in [4.69, 9.17) is 9.84 Å². The summed E-state index contributed by atoms with van der Waals surface area (Å²) in [5.74, 6) is 0.611. The molecule has 0 fully saturated rings. The summed E-state index contributed by atoms with van der Waals surface area (Å²) in [6.45, 7) is 4.43. The van der Waals surface area contributed by atoms with Gasteiger partial charge in [-0.1, -0.05) is 30.3 Å². The number of amides is 1. The molecule has 4 heteroatoms. The summed E-state index contributed by atoms with van der Waals surface area (Å²) in [6, 6.07) is 15.1. The van der Waals surface area contributed by atoms with Gasteiger partial charge in [-0.15, -0.1) is 6.58 Å². The SMILES string of the molecule is C=CCCc1ccc(C(=O)NCc2ccc(OCCO)cc2)cc1. The largest absolute Gasteiger partial charge is 0.491 e. The Bertz CT molecular complexity index is 648. The molecule has 0 aliphatic heterocycles. The van der Waals surface area contributed by atoms with E-state index in [0.717, 1.165) is 18.4 Å². The highest BCUT2D eigenvalue weighted by Crippen LogP contribution is 2.12. The number of nitrogens with one attached hydrogen (secondary N) is 1. The topological polar surface area (TPSA) is 58.6 Å². The van der Waals surface area contributed by atoms with Gasteiger partial charge in [0.15, 0.2) is 0 Å². The zero-order valence-corrected chi connectivity index (χ0v) is 13.7. The van der Waals surface area contributed by atoms with Crippen LogP contribution in [0.4, 0.5) is 0 Å². The molecule has 0 unspecified atom stereocenters. The quantitative estimate of drug-likeness (QED) is 0.697. The number of ether oxygens (including phenoxy) is 1. The van der Waals surface area contributed by atoms with Crippen molar-refractivity contribution in [3.05, 3.63) is 77.9 Å². The zero-order chi connectivity index (χ0) is 17.2. The molecule has 2 rings (SSSR count). The van der Waals surface area contributed by atoms with Gasteiger partial charge < -0.3 is 15.2 Å². The van der Waals surface area contributed by atoms with Crippen molar-refractivity contribution in [1.82, 2.24) is 5.32 Å². The van der Waals surface area contributed by atoms with E-state index in [1.165, 1.54) is 5.56 Å². The van der Waals surface area contributed by atoms with Crippen LogP contribution in [0.2, 0.25) is 0 Å². The average Bonchev–Trinajstić information content (AvgIpc) is 2.64. The summed E-state index contributed by atoms with van der Waals surface area (Å²) in [6.07, 6.45) is 3.76. The van der Waals surface area contributed by atoms with Gasteiger partial charge in [0.1, 0.15) is 12.4 Å². The Morgan fingerprint density at radius 1 is 1.08 bits per heavy atom. The van der Waals surface area contributed by atoms with E-state index in [0.29, 0.717) is 17.9 Å². The molecule has 2 aromatic carbocycles. The van der Waals surface area contributed by atoms with Gasteiger partial charge in [-0.05, 0) is 48.2 Å². The van der Waals surface area contributed by atoms with E-state index in [9.17, 15) is 4.79 Å². The van der Waals surface area contributed by atoms with Gasteiger partial charge in [-0.3, -0.25) is 4.79 Å². The highest BCUT2D eigenvalue weighted by atomic mass is 16.5. The van der Waals surface area contributed by atoms with Crippen LogP contribution in [0.15, 0.2) is 61.2 Å². The zero-order valence-electron chi connectivity index (χ0n) is 13.7. The summed E-state index contributed by atoms with van der Waals surface area (Å²) in [7, 11) is 0. The van der Waals surface area contributed by atoms with Crippen LogP contribution >= 0.6 is 0 Å². The van der Waals surface area contributed by atoms with Gasteiger partial charge >= 0.3 is 0 Å². The summed E-state index contributed by atoms with van der Waals surface area (Å²) in [5, 5.41) is 11.6. The number of carbonyl (C=O) groups is 1. The molecule has 0 saturated heterocycles. The smallest absolute Gasteiger partial charge is 0.251 e. The highest BCUT2D eigenvalue weighted by molar-refractivity contribution is 5.94. The third-order valence-corrected chi connectivity index (χ3v) is 3.59. The Morgan fingerprint density at radius 3 is 2.38 bits per heavy atom. The molecule has 0 bridgehead atoms. The number of carbonyl (C=O) groups excluding carboxylic acids is 1. The Kier molecular flexibility index (Phi) is 7.05. The lowest BCUT2D eigenvalue weighted by atomic mass is 10.1. The molecule has 2 N–H and O–H groups in total. The molecule has 126 valence electrons. The summed E-state index contributed by atoms with van der Waals surface area (Å²) < 4.78 is 5.30.